The number of anilines is 2. The van der Waals surface area contributed by atoms with Crippen LogP contribution in [0.4, 0.5) is 11.4 Å². The molecule has 1 aromatic heterocycles. The fourth-order valence-corrected chi connectivity index (χ4v) is 6.45. The molecule has 0 aliphatic carbocycles. The molecular weight excluding hydrogens is 701 g/mol. The van der Waals surface area contributed by atoms with Crippen molar-refractivity contribution in [1.29, 1.82) is 0 Å². The summed E-state index contributed by atoms with van der Waals surface area (Å²) in [6, 6.07) is 30.9. The zero-order valence-electron chi connectivity index (χ0n) is 28.5. The summed E-state index contributed by atoms with van der Waals surface area (Å²) in [6.45, 7) is 0.791. The smallest absolute Gasteiger partial charge is 0.224 e. The Kier molecular flexibility index (Phi) is 12.6. The van der Waals surface area contributed by atoms with Crippen molar-refractivity contribution in [2.75, 3.05) is 11.1 Å². The molecule has 0 spiro atoms. The van der Waals surface area contributed by atoms with E-state index >= 15 is 0 Å². The normalized spacial score (nSPS) is 17.1. The number of aromatic nitrogens is 2. The lowest BCUT2D eigenvalue weighted by molar-refractivity contribution is -0.252. The van der Waals surface area contributed by atoms with Crippen LogP contribution < -0.4 is 16.4 Å². The van der Waals surface area contributed by atoms with Crippen LogP contribution in [0, 0.1) is 0 Å². The third-order valence-electron chi connectivity index (χ3n) is 8.95. The number of unbranched alkanes of at least 4 members (excludes halogenated alkanes) is 1. The summed E-state index contributed by atoms with van der Waals surface area (Å²) in [4.78, 5) is 29.0. The van der Waals surface area contributed by atoms with Crippen LogP contribution in [0.15, 0.2) is 103 Å². The second-order valence-corrected chi connectivity index (χ2v) is 13.5. The summed E-state index contributed by atoms with van der Waals surface area (Å²) >= 11 is 12.5. The molecule has 270 valence electrons. The average molecular weight is 743 g/mol. The highest BCUT2D eigenvalue weighted by Gasteiger charge is 2.33. The van der Waals surface area contributed by atoms with Gasteiger partial charge in [0.05, 0.1) is 43.1 Å². The zero-order chi connectivity index (χ0) is 36.5. The number of nitrogens with zero attached hydrogens (tertiary/aromatic N) is 2. The Labute approximate surface area is 312 Å². The predicted octanol–water partition coefficient (Wildman–Crippen LogP) is 7.99. The number of nitrogens with one attached hydrogen (secondary N) is 2. The number of nitrogens with two attached hydrogens (primary N) is 1. The lowest BCUT2D eigenvalue weighted by Gasteiger charge is -2.36. The molecule has 0 saturated carbocycles. The molecule has 2 heterocycles. The predicted molar refractivity (Wildman–Crippen MR) is 202 cm³/mol. The van der Waals surface area contributed by atoms with Gasteiger partial charge in [-0.3, -0.25) is 9.59 Å². The summed E-state index contributed by atoms with van der Waals surface area (Å²) < 4.78 is 14.8. The van der Waals surface area contributed by atoms with Crippen molar-refractivity contribution in [2.24, 2.45) is 0 Å². The van der Waals surface area contributed by atoms with Crippen molar-refractivity contribution in [3.05, 3.63) is 136 Å². The van der Waals surface area contributed by atoms with Crippen molar-refractivity contribution in [2.45, 2.75) is 70.3 Å². The van der Waals surface area contributed by atoms with E-state index in [0.717, 1.165) is 33.4 Å². The first-order chi connectivity index (χ1) is 25.2. The Morgan fingerprint density at radius 3 is 2.31 bits per heavy atom. The lowest BCUT2D eigenvalue weighted by atomic mass is 9.98. The van der Waals surface area contributed by atoms with Gasteiger partial charge in [0, 0.05) is 31.4 Å². The zero-order valence-corrected chi connectivity index (χ0v) is 30.0. The van der Waals surface area contributed by atoms with Gasteiger partial charge in [0.1, 0.15) is 5.15 Å². The number of amides is 2. The Balaban J connectivity index is 1.06. The first kappa shape index (κ1) is 37.1. The van der Waals surface area contributed by atoms with E-state index in [0.29, 0.717) is 61.7 Å². The maximum Gasteiger partial charge on any atom is 0.224 e. The van der Waals surface area contributed by atoms with Crippen LogP contribution in [-0.4, -0.2) is 32.6 Å². The number of ether oxygens (including phenoxy) is 2. The maximum atomic E-state index is 12.6. The van der Waals surface area contributed by atoms with Crippen molar-refractivity contribution in [3.63, 3.8) is 0 Å². The van der Waals surface area contributed by atoms with Gasteiger partial charge >= 0.3 is 0 Å². The molecule has 1 aliphatic rings. The summed E-state index contributed by atoms with van der Waals surface area (Å²) in [7, 11) is 0. The second kappa shape index (κ2) is 17.7. The molecule has 0 bridgehead atoms. The monoisotopic (exact) mass is 741 g/mol. The summed E-state index contributed by atoms with van der Waals surface area (Å²) in [6.07, 6.45) is 2.82. The van der Waals surface area contributed by atoms with E-state index in [9.17, 15) is 14.7 Å². The fourth-order valence-electron chi connectivity index (χ4n) is 6.13. The highest BCUT2D eigenvalue weighted by atomic mass is 35.5. The number of para-hydroxylation sites is 2. The molecule has 6 rings (SSSR count). The summed E-state index contributed by atoms with van der Waals surface area (Å²) in [5.41, 5.74) is 12.6. The van der Waals surface area contributed by atoms with Gasteiger partial charge < -0.3 is 35.5 Å². The molecule has 12 heteroatoms. The molecule has 4 aromatic carbocycles. The second-order valence-electron chi connectivity index (χ2n) is 12.8. The summed E-state index contributed by atoms with van der Waals surface area (Å²) in [5, 5.41) is 15.9. The molecule has 1 fully saturated rings. The molecule has 5 N–H and O–H groups in total. The molecule has 3 atom stereocenters. The van der Waals surface area contributed by atoms with E-state index in [-0.39, 0.29) is 35.8 Å². The number of hydrogen-bond donors (Lipinski definition) is 4. The maximum absolute atomic E-state index is 12.6. The number of halogens is 2. The number of hydrogen-bond acceptors (Lipinski definition) is 7. The van der Waals surface area contributed by atoms with Crippen LogP contribution in [0.5, 0.6) is 0 Å². The van der Waals surface area contributed by atoms with Crippen LogP contribution in [0.2, 0.25) is 10.3 Å². The van der Waals surface area contributed by atoms with Crippen LogP contribution >= 0.6 is 23.2 Å². The minimum Gasteiger partial charge on any atom is -0.397 e. The first-order valence-corrected chi connectivity index (χ1v) is 18.0. The summed E-state index contributed by atoms with van der Waals surface area (Å²) in [5.74, 6) is -0.195. The third kappa shape index (κ3) is 9.78. The van der Waals surface area contributed by atoms with Gasteiger partial charge in [-0.25, -0.2) is 4.98 Å². The molecular formula is C40H41Cl2N5O5. The Morgan fingerprint density at radius 1 is 0.846 bits per heavy atom. The van der Waals surface area contributed by atoms with Crippen molar-refractivity contribution in [1.82, 2.24) is 14.9 Å². The molecule has 0 radical (unpaired) electrons. The number of nitrogen functional groups attached to an aromatic ring is 1. The van der Waals surface area contributed by atoms with Gasteiger partial charge in [-0.1, -0.05) is 96.0 Å². The van der Waals surface area contributed by atoms with E-state index in [1.165, 1.54) is 0 Å². The third-order valence-corrected chi connectivity index (χ3v) is 9.72. The average Bonchev–Trinajstić information content (AvgIpc) is 3.48. The number of rotatable bonds is 14. The fraction of sp³-hybridized carbons (Fsp3) is 0.275. The SMILES string of the molecule is Nc1ccccc1NC(=O)CCCCC(=O)NCc1cccc(-c2cccc([C@@H]3O[C@H](Cn4cnc(Cl)c4Cl)C[C@H](c4ccc(CO)cc4)O3)c2)c1. The molecule has 5 aromatic rings. The molecule has 1 saturated heterocycles. The highest BCUT2D eigenvalue weighted by molar-refractivity contribution is 6.40. The van der Waals surface area contributed by atoms with Crippen LogP contribution in [0.3, 0.4) is 0 Å². The standard InChI is InChI=1S/C40H41Cl2N5O5/c41-38-39(42)47(25-45-38)23-32-21-35(28-17-15-26(24-48)16-18-28)52-40(51-32)31-10-6-9-30(20-31)29-8-5-7-27(19-29)22-44-36(49)13-3-4-14-37(50)46-34-12-2-1-11-33(34)43/h1-2,5-12,15-20,25,32,35,40,48H,3-4,13-14,21-24,43H2,(H,44,49)(H,46,50)/t32-,35+,40+/m0/s1. The highest BCUT2D eigenvalue weighted by Crippen LogP contribution is 2.39. The van der Waals surface area contributed by atoms with Crippen molar-refractivity contribution in [3.8, 4) is 11.1 Å². The van der Waals surface area contributed by atoms with Gasteiger partial charge in [0.2, 0.25) is 11.8 Å². The van der Waals surface area contributed by atoms with E-state index in [1.54, 1.807) is 23.0 Å². The molecule has 0 unspecified atom stereocenters. The van der Waals surface area contributed by atoms with Gasteiger partial charge in [0.25, 0.3) is 0 Å². The Morgan fingerprint density at radius 2 is 1.58 bits per heavy atom. The largest absolute Gasteiger partial charge is 0.397 e. The van der Waals surface area contributed by atoms with E-state index in [2.05, 4.69) is 27.8 Å². The quantitative estimate of drug-likeness (QED) is 0.0668. The van der Waals surface area contributed by atoms with Gasteiger partial charge in [-0.15, -0.1) is 0 Å². The topological polar surface area (TPSA) is 141 Å². The van der Waals surface area contributed by atoms with Crippen molar-refractivity contribution >= 4 is 46.4 Å². The minimum absolute atomic E-state index is 0.0333. The minimum atomic E-state index is -0.663. The van der Waals surface area contributed by atoms with Crippen molar-refractivity contribution < 1.29 is 24.2 Å². The number of carbonyl (C=O) groups excluding carboxylic acids is 2. The lowest BCUT2D eigenvalue weighted by Crippen LogP contribution is -2.32. The number of aliphatic hydroxyl groups is 1. The number of carbonyl (C=O) groups is 2. The van der Waals surface area contributed by atoms with Gasteiger partial charge in [-0.05, 0) is 64.9 Å². The molecule has 52 heavy (non-hydrogen) atoms. The Bertz CT molecular complexity index is 1990. The number of benzene rings is 4. The van der Waals surface area contributed by atoms with Crippen LogP contribution in [-0.2, 0) is 38.8 Å². The molecule has 1 aliphatic heterocycles. The van der Waals surface area contributed by atoms with Crippen LogP contribution in [0.25, 0.3) is 11.1 Å². The van der Waals surface area contributed by atoms with E-state index in [4.69, 9.17) is 38.4 Å². The Hall–Kier alpha value is -4.71. The van der Waals surface area contributed by atoms with E-state index < -0.39 is 6.29 Å². The first-order valence-electron chi connectivity index (χ1n) is 17.2. The van der Waals surface area contributed by atoms with E-state index in [1.807, 2.05) is 72.8 Å². The van der Waals surface area contributed by atoms with Crippen LogP contribution in [0.1, 0.15) is 66.8 Å². The van der Waals surface area contributed by atoms with Gasteiger partial charge in [-0.2, -0.15) is 0 Å². The van der Waals surface area contributed by atoms with Gasteiger partial charge in [0.15, 0.2) is 11.4 Å². The molecule has 2 amide bonds. The number of aliphatic hydroxyl groups excluding tert-OH is 1. The molecule has 10 nitrogen and oxygen atoms in total. The number of imidazole rings is 1.